The molecule has 2 nitrogen and oxygen atoms in total. The van der Waals surface area contributed by atoms with Crippen LogP contribution in [0.2, 0.25) is 0 Å². The van der Waals surface area contributed by atoms with Gasteiger partial charge < -0.3 is 9.40 Å². The molecule has 0 radical (unpaired) electrons. The predicted molar refractivity (Wildman–Crippen MR) is 53.4 cm³/mol. The van der Waals surface area contributed by atoms with Gasteiger partial charge in [-0.25, -0.2) is 0 Å². The third-order valence-electron chi connectivity index (χ3n) is 2.49. The lowest BCUT2D eigenvalue weighted by Gasteiger charge is -1.95. The van der Waals surface area contributed by atoms with Crippen LogP contribution in [0.4, 0.5) is 0 Å². The SMILES string of the molecule is S=c1[nH]c2ccc(C3CC3)cc2o1. The number of hydrogen-bond acceptors (Lipinski definition) is 2. The minimum atomic E-state index is 0.461. The number of nitrogens with one attached hydrogen (secondary N) is 1. The molecule has 3 heteroatoms. The molecule has 1 N–H and O–H groups in total. The number of aromatic amines is 1. The summed E-state index contributed by atoms with van der Waals surface area (Å²) in [6.45, 7) is 0. The van der Waals surface area contributed by atoms with E-state index >= 15 is 0 Å². The Labute approximate surface area is 80.6 Å². The van der Waals surface area contributed by atoms with Crippen LogP contribution in [0.1, 0.15) is 24.3 Å². The molecule has 1 aromatic carbocycles. The molecular weight excluding hydrogens is 182 g/mol. The van der Waals surface area contributed by atoms with E-state index in [4.69, 9.17) is 16.6 Å². The van der Waals surface area contributed by atoms with E-state index in [0.29, 0.717) is 4.84 Å². The lowest BCUT2D eigenvalue weighted by molar-refractivity contribution is 0.583. The van der Waals surface area contributed by atoms with Crippen LogP contribution >= 0.6 is 12.2 Å². The Bertz CT molecular complexity index is 507. The minimum Gasteiger partial charge on any atom is -0.429 e. The number of fused-ring (bicyclic) bond motifs is 1. The minimum absolute atomic E-state index is 0.461. The third kappa shape index (κ3) is 1.20. The number of oxazole rings is 1. The maximum absolute atomic E-state index is 5.35. The average Bonchev–Trinajstić information content (AvgIpc) is 2.87. The van der Waals surface area contributed by atoms with Crippen molar-refractivity contribution in [3.05, 3.63) is 28.6 Å². The number of hydrogen-bond donors (Lipinski definition) is 1. The highest BCUT2D eigenvalue weighted by molar-refractivity contribution is 7.71. The quantitative estimate of drug-likeness (QED) is 0.700. The molecule has 1 heterocycles. The Morgan fingerprint density at radius 2 is 2.23 bits per heavy atom. The van der Waals surface area contributed by atoms with E-state index < -0.39 is 0 Å². The zero-order chi connectivity index (χ0) is 8.84. The van der Waals surface area contributed by atoms with Gasteiger partial charge in [-0.15, -0.1) is 0 Å². The van der Waals surface area contributed by atoms with Crippen molar-refractivity contribution < 1.29 is 4.42 Å². The summed E-state index contributed by atoms with van der Waals surface area (Å²) in [7, 11) is 0. The largest absolute Gasteiger partial charge is 0.429 e. The van der Waals surface area contributed by atoms with Crippen molar-refractivity contribution in [2.45, 2.75) is 18.8 Å². The molecule has 1 aromatic heterocycles. The second-order valence-corrected chi connectivity index (χ2v) is 3.92. The molecule has 1 saturated carbocycles. The van der Waals surface area contributed by atoms with Gasteiger partial charge in [0, 0.05) is 0 Å². The van der Waals surface area contributed by atoms with Crippen molar-refractivity contribution >= 4 is 23.3 Å². The Hall–Kier alpha value is -1.09. The van der Waals surface area contributed by atoms with Crippen LogP contribution in [0.25, 0.3) is 11.1 Å². The van der Waals surface area contributed by atoms with Gasteiger partial charge in [0.1, 0.15) is 0 Å². The van der Waals surface area contributed by atoms with Crippen LogP contribution in [-0.4, -0.2) is 4.98 Å². The van der Waals surface area contributed by atoms with E-state index in [1.165, 1.54) is 18.4 Å². The predicted octanol–water partition coefficient (Wildman–Crippen LogP) is 3.37. The molecule has 1 fully saturated rings. The van der Waals surface area contributed by atoms with Crippen molar-refractivity contribution in [3.8, 4) is 0 Å². The highest BCUT2D eigenvalue weighted by atomic mass is 32.1. The fraction of sp³-hybridized carbons (Fsp3) is 0.300. The van der Waals surface area contributed by atoms with Crippen LogP contribution in [0, 0.1) is 4.84 Å². The number of rotatable bonds is 1. The summed E-state index contributed by atoms with van der Waals surface area (Å²) in [5.74, 6) is 0.767. The van der Waals surface area contributed by atoms with Gasteiger partial charge >= 0.3 is 0 Å². The highest BCUT2D eigenvalue weighted by Gasteiger charge is 2.23. The monoisotopic (exact) mass is 191 g/mol. The summed E-state index contributed by atoms with van der Waals surface area (Å²) in [6.07, 6.45) is 2.63. The molecule has 0 bridgehead atoms. The number of H-pyrrole nitrogens is 1. The first-order valence-corrected chi connectivity index (χ1v) is 4.86. The number of benzene rings is 1. The van der Waals surface area contributed by atoms with Crippen LogP contribution in [0.5, 0.6) is 0 Å². The smallest absolute Gasteiger partial charge is 0.266 e. The van der Waals surface area contributed by atoms with Crippen LogP contribution in [0.15, 0.2) is 22.6 Å². The molecule has 0 atom stereocenters. The molecule has 0 spiro atoms. The molecule has 0 unspecified atom stereocenters. The summed E-state index contributed by atoms with van der Waals surface area (Å²) in [4.78, 5) is 3.45. The van der Waals surface area contributed by atoms with E-state index in [-0.39, 0.29) is 0 Å². The summed E-state index contributed by atoms with van der Waals surface area (Å²) in [5.41, 5.74) is 3.26. The second kappa shape index (κ2) is 2.45. The van der Waals surface area contributed by atoms with Crippen molar-refractivity contribution in [3.63, 3.8) is 0 Å². The third-order valence-corrected chi connectivity index (χ3v) is 2.68. The molecule has 66 valence electrons. The zero-order valence-corrected chi connectivity index (χ0v) is 7.86. The van der Waals surface area contributed by atoms with Gasteiger partial charge in [0.15, 0.2) is 5.58 Å². The van der Waals surface area contributed by atoms with Gasteiger partial charge in [-0.3, -0.25) is 0 Å². The standard InChI is InChI=1S/C10H9NOS/c13-10-11-8-4-3-7(6-1-2-6)5-9(8)12-10/h3-6H,1-2H2,(H,11,13). The van der Waals surface area contributed by atoms with Gasteiger partial charge in [0.2, 0.25) is 0 Å². The van der Waals surface area contributed by atoms with E-state index in [0.717, 1.165) is 17.0 Å². The average molecular weight is 191 g/mol. The fourth-order valence-electron chi connectivity index (χ4n) is 1.63. The maximum atomic E-state index is 5.35. The van der Waals surface area contributed by atoms with Crippen molar-refractivity contribution in [2.24, 2.45) is 0 Å². The summed E-state index contributed by atoms with van der Waals surface area (Å²) >= 11 is 4.92. The maximum Gasteiger partial charge on any atom is 0.266 e. The first-order valence-electron chi connectivity index (χ1n) is 4.46. The second-order valence-electron chi connectivity index (χ2n) is 3.54. The van der Waals surface area contributed by atoms with Gasteiger partial charge in [-0.1, -0.05) is 6.07 Å². The van der Waals surface area contributed by atoms with Crippen LogP contribution in [0.3, 0.4) is 0 Å². The lowest BCUT2D eigenvalue weighted by Crippen LogP contribution is -1.77. The number of aromatic nitrogens is 1. The summed E-state index contributed by atoms with van der Waals surface area (Å²) < 4.78 is 5.35. The molecule has 0 aliphatic heterocycles. The molecule has 0 saturated heterocycles. The molecule has 2 aromatic rings. The molecule has 1 aliphatic carbocycles. The van der Waals surface area contributed by atoms with Gasteiger partial charge in [-0.05, 0) is 48.7 Å². The molecule has 0 amide bonds. The summed E-state index contributed by atoms with van der Waals surface area (Å²) in [5, 5.41) is 0. The molecule has 3 rings (SSSR count). The Morgan fingerprint density at radius 1 is 1.38 bits per heavy atom. The summed E-state index contributed by atoms with van der Waals surface area (Å²) in [6, 6.07) is 6.29. The van der Waals surface area contributed by atoms with Crippen LogP contribution < -0.4 is 0 Å². The first-order chi connectivity index (χ1) is 6.33. The van der Waals surface area contributed by atoms with Gasteiger partial charge in [0.25, 0.3) is 4.84 Å². The Kier molecular flexibility index (Phi) is 1.38. The highest BCUT2D eigenvalue weighted by Crippen LogP contribution is 2.40. The molecule has 1 aliphatic rings. The van der Waals surface area contributed by atoms with E-state index in [1.54, 1.807) is 0 Å². The lowest BCUT2D eigenvalue weighted by atomic mass is 10.1. The van der Waals surface area contributed by atoms with Crippen molar-refractivity contribution in [1.82, 2.24) is 4.98 Å². The molecule has 13 heavy (non-hydrogen) atoms. The van der Waals surface area contributed by atoms with Gasteiger partial charge in [0.05, 0.1) is 5.52 Å². The topological polar surface area (TPSA) is 28.9 Å². The Morgan fingerprint density at radius 3 is 3.00 bits per heavy atom. The van der Waals surface area contributed by atoms with Gasteiger partial charge in [-0.2, -0.15) is 0 Å². The normalized spacial score (nSPS) is 16.6. The Balaban J connectivity index is 2.25. The van der Waals surface area contributed by atoms with E-state index in [1.807, 2.05) is 6.07 Å². The first kappa shape index (κ1) is 7.33. The van der Waals surface area contributed by atoms with E-state index in [9.17, 15) is 0 Å². The van der Waals surface area contributed by atoms with Crippen LogP contribution in [-0.2, 0) is 0 Å². The van der Waals surface area contributed by atoms with Crippen molar-refractivity contribution in [2.75, 3.05) is 0 Å². The molecular formula is C10H9NOS. The zero-order valence-electron chi connectivity index (χ0n) is 7.04. The van der Waals surface area contributed by atoms with E-state index in [2.05, 4.69) is 17.1 Å². The fourth-order valence-corrected chi connectivity index (χ4v) is 1.83. The van der Waals surface area contributed by atoms with Crippen molar-refractivity contribution in [1.29, 1.82) is 0 Å².